The van der Waals surface area contributed by atoms with Crippen LogP contribution in [-0.2, 0) is 16.4 Å². The molecule has 0 unspecified atom stereocenters. The third-order valence-corrected chi connectivity index (χ3v) is 5.41. The van der Waals surface area contributed by atoms with Crippen molar-refractivity contribution in [3.8, 4) is 0 Å². The van der Waals surface area contributed by atoms with Gasteiger partial charge in [-0.25, -0.2) is 13.1 Å². The van der Waals surface area contributed by atoms with E-state index in [4.69, 9.17) is 0 Å². The first-order chi connectivity index (χ1) is 9.97. The van der Waals surface area contributed by atoms with Gasteiger partial charge in [0.1, 0.15) is 0 Å². The molecule has 1 aromatic carbocycles. The highest BCUT2D eigenvalue weighted by Gasteiger charge is 2.22. The summed E-state index contributed by atoms with van der Waals surface area (Å²) in [6.07, 6.45) is 5.06. The molecule has 1 aliphatic carbocycles. The average Bonchev–Trinajstić information content (AvgIpc) is 2.91. The van der Waals surface area contributed by atoms with Crippen LogP contribution in [0.1, 0.15) is 45.1 Å². The van der Waals surface area contributed by atoms with E-state index in [0.29, 0.717) is 10.9 Å². The van der Waals surface area contributed by atoms with E-state index in [2.05, 4.69) is 23.9 Å². The number of rotatable bonds is 7. The first-order valence-electron chi connectivity index (χ1n) is 7.82. The monoisotopic (exact) mass is 310 g/mol. The molecule has 1 fully saturated rings. The van der Waals surface area contributed by atoms with Crippen molar-refractivity contribution in [3.63, 3.8) is 0 Å². The topological polar surface area (TPSA) is 58.2 Å². The lowest BCUT2D eigenvalue weighted by atomic mass is 10.1. The Hall–Kier alpha value is -0.910. The van der Waals surface area contributed by atoms with Crippen LogP contribution in [0.25, 0.3) is 0 Å². The van der Waals surface area contributed by atoms with E-state index in [1.807, 2.05) is 12.1 Å². The second kappa shape index (κ2) is 7.38. The molecule has 2 N–H and O–H groups in total. The summed E-state index contributed by atoms with van der Waals surface area (Å²) in [6, 6.07) is 7.82. The number of nitrogens with one attached hydrogen (secondary N) is 2. The SMILES string of the molecule is CC(C)NCCc1ccc(S(=O)(=O)NC2CCCC2)cc1. The van der Waals surface area contributed by atoms with E-state index < -0.39 is 10.0 Å². The molecule has 2 rings (SSSR count). The third kappa shape index (κ3) is 5.09. The molecule has 0 amide bonds. The van der Waals surface area contributed by atoms with Crippen LogP contribution < -0.4 is 10.0 Å². The zero-order chi connectivity index (χ0) is 15.3. The van der Waals surface area contributed by atoms with Crippen molar-refractivity contribution in [2.75, 3.05) is 6.54 Å². The predicted octanol–water partition coefficient (Wildman–Crippen LogP) is 2.45. The largest absolute Gasteiger partial charge is 0.314 e. The zero-order valence-corrected chi connectivity index (χ0v) is 13.7. The minimum absolute atomic E-state index is 0.116. The number of hydrogen-bond acceptors (Lipinski definition) is 3. The van der Waals surface area contributed by atoms with Gasteiger partial charge in [-0.1, -0.05) is 38.8 Å². The van der Waals surface area contributed by atoms with Gasteiger partial charge in [-0.3, -0.25) is 0 Å². The molecule has 0 saturated heterocycles. The van der Waals surface area contributed by atoms with Crippen LogP contribution in [0.2, 0.25) is 0 Å². The Balaban J connectivity index is 1.93. The molecule has 0 radical (unpaired) electrons. The maximum absolute atomic E-state index is 12.3. The van der Waals surface area contributed by atoms with Gasteiger partial charge in [0.05, 0.1) is 4.90 Å². The summed E-state index contributed by atoms with van der Waals surface area (Å²) in [5.41, 5.74) is 1.16. The molecule has 4 nitrogen and oxygen atoms in total. The van der Waals surface area contributed by atoms with Gasteiger partial charge in [0.25, 0.3) is 0 Å². The summed E-state index contributed by atoms with van der Waals surface area (Å²) in [5, 5.41) is 3.36. The maximum Gasteiger partial charge on any atom is 0.240 e. The number of benzene rings is 1. The summed E-state index contributed by atoms with van der Waals surface area (Å²) < 4.78 is 27.4. The molecular weight excluding hydrogens is 284 g/mol. The molecule has 0 heterocycles. The van der Waals surface area contributed by atoms with Gasteiger partial charge >= 0.3 is 0 Å². The summed E-state index contributed by atoms with van der Waals surface area (Å²) in [4.78, 5) is 0.370. The predicted molar refractivity (Wildman–Crippen MR) is 85.9 cm³/mol. The van der Waals surface area contributed by atoms with E-state index >= 15 is 0 Å². The Morgan fingerprint density at radius 1 is 1.14 bits per heavy atom. The molecule has 5 heteroatoms. The Morgan fingerprint density at radius 2 is 1.76 bits per heavy atom. The molecular formula is C16H26N2O2S. The molecule has 0 spiro atoms. The highest BCUT2D eigenvalue weighted by Crippen LogP contribution is 2.20. The van der Waals surface area contributed by atoms with Gasteiger partial charge < -0.3 is 5.32 Å². The molecule has 21 heavy (non-hydrogen) atoms. The molecule has 118 valence electrons. The lowest BCUT2D eigenvalue weighted by molar-refractivity contribution is 0.552. The highest BCUT2D eigenvalue weighted by atomic mass is 32.2. The smallest absolute Gasteiger partial charge is 0.240 e. The first-order valence-corrected chi connectivity index (χ1v) is 9.30. The second-order valence-electron chi connectivity index (χ2n) is 6.11. The summed E-state index contributed by atoms with van der Waals surface area (Å²) in [5.74, 6) is 0. The number of sulfonamides is 1. The van der Waals surface area contributed by atoms with Crippen LogP contribution in [0.4, 0.5) is 0 Å². The van der Waals surface area contributed by atoms with E-state index in [1.165, 1.54) is 0 Å². The average molecular weight is 310 g/mol. The fourth-order valence-corrected chi connectivity index (χ4v) is 3.98. The molecule has 0 aliphatic heterocycles. The van der Waals surface area contributed by atoms with Crippen molar-refractivity contribution in [1.29, 1.82) is 0 Å². The van der Waals surface area contributed by atoms with Crippen molar-refractivity contribution in [2.24, 2.45) is 0 Å². The molecule has 0 atom stereocenters. The Kier molecular flexibility index (Phi) is 5.79. The van der Waals surface area contributed by atoms with E-state index in [0.717, 1.165) is 44.2 Å². The van der Waals surface area contributed by atoms with Crippen molar-refractivity contribution < 1.29 is 8.42 Å². The number of hydrogen-bond donors (Lipinski definition) is 2. The van der Waals surface area contributed by atoms with Crippen molar-refractivity contribution in [1.82, 2.24) is 10.0 Å². The Bertz CT molecular complexity index is 532. The van der Waals surface area contributed by atoms with Crippen molar-refractivity contribution in [2.45, 2.75) is 62.9 Å². The van der Waals surface area contributed by atoms with Crippen LogP contribution in [0.5, 0.6) is 0 Å². The standard InChI is InChI=1S/C16H26N2O2S/c1-13(2)17-12-11-14-7-9-16(10-8-14)21(19,20)18-15-5-3-4-6-15/h7-10,13,15,17-18H,3-6,11-12H2,1-2H3. The van der Waals surface area contributed by atoms with Gasteiger partial charge in [0, 0.05) is 12.1 Å². The normalized spacial score (nSPS) is 16.7. The van der Waals surface area contributed by atoms with Crippen molar-refractivity contribution in [3.05, 3.63) is 29.8 Å². The van der Waals surface area contributed by atoms with Gasteiger partial charge in [0.15, 0.2) is 0 Å². The summed E-state index contributed by atoms with van der Waals surface area (Å²) >= 11 is 0. The first kappa shape index (κ1) is 16.5. The molecule has 1 saturated carbocycles. The van der Waals surface area contributed by atoms with Crippen LogP contribution in [0, 0.1) is 0 Å². The van der Waals surface area contributed by atoms with Gasteiger partial charge in [0.2, 0.25) is 10.0 Å². The van der Waals surface area contributed by atoms with Crippen molar-refractivity contribution >= 4 is 10.0 Å². The quantitative estimate of drug-likeness (QED) is 0.813. The molecule has 0 bridgehead atoms. The van der Waals surface area contributed by atoms with Gasteiger partial charge in [-0.2, -0.15) is 0 Å². The van der Waals surface area contributed by atoms with Crippen LogP contribution in [-0.4, -0.2) is 27.0 Å². The third-order valence-electron chi connectivity index (χ3n) is 3.88. The Morgan fingerprint density at radius 3 is 2.33 bits per heavy atom. The molecule has 1 aliphatic rings. The fraction of sp³-hybridized carbons (Fsp3) is 0.625. The van der Waals surface area contributed by atoms with Crippen LogP contribution >= 0.6 is 0 Å². The minimum Gasteiger partial charge on any atom is -0.314 e. The van der Waals surface area contributed by atoms with E-state index in [-0.39, 0.29) is 6.04 Å². The maximum atomic E-state index is 12.3. The highest BCUT2D eigenvalue weighted by molar-refractivity contribution is 7.89. The van der Waals surface area contributed by atoms with Crippen LogP contribution in [0.15, 0.2) is 29.2 Å². The molecule has 1 aromatic rings. The zero-order valence-electron chi connectivity index (χ0n) is 12.9. The summed E-state index contributed by atoms with van der Waals surface area (Å²) in [7, 11) is -3.36. The van der Waals surface area contributed by atoms with Gasteiger partial charge in [-0.05, 0) is 43.5 Å². The lowest BCUT2D eigenvalue weighted by Gasteiger charge is -2.13. The summed E-state index contributed by atoms with van der Waals surface area (Å²) in [6.45, 7) is 5.14. The Labute approximate surface area is 128 Å². The van der Waals surface area contributed by atoms with E-state index in [9.17, 15) is 8.42 Å². The van der Waals surface area contributed by atoms with Gasteiger partial charge in [-0.15, -0.1) is 0 Å². The minimum atomic E-state index is -3.36. The van der Waals surface area contributed by atoms with E-state index in [1.54, 1.807) is 12.1 Å². The molecule has 0 aromatic heterocycles. The fourth-order valence-electron chi connectivity index (χ4n) is 2.67. The lowest BCUT2D eigenvalue weighted by Crippen LogP contribution is -2.32. The van der Waals surface area contributed by atoms with Crippen LogP contribution in [0.3, 0.4) is 0 Å². The second-order valence-corrected chi connectivity index (χ2v) is 7.82.